The lowest BCUT2D eigenvalue weighted by atomic mass is 9.83. The molecule has 1 heterocycles. The fraction of sp³-hybridized carbons (Fsp3) is 0.778. The maximum absolute atomic E-state index is 12.8. The molecule has 0 radical (unpaired) electrons. The van der Waals surface area contributed by atoms with Crippen molar-refractivity contribution in [1.29, 1.82) is 0 Å². The van der Waals surface area contributed by atoms with Gasteiger partial charge >= 0.3 is 11.9 Å². The Morgan fingerprint density at radius 1 is 1.28 bits per heavy atom. The minimum atomic E-state index is -0.359. The molecule has 0 aromatic carbocycles. The fourth-order valence-corrected chi connectivity index (χ4v) is 5.33. The summed E-state index contributed by atoms with van der Waals surface area (Å²) in [5, 5.41) is 0. The number of esters is 2. The summed E-state index contributed by atoms with van der Waals surface area (Å²) in [7, 11) is 1.73. The standard InChI is InChI=1S/C27H44O5/c1-6-8-11-19(3)27(30-5)20(4)23(18-24-22(7-2)15-17-26(29)32-24)31-25(28)16-14-21-12-9-10-13-21/h6,8,15,17,19-24,27H,7,9-14,16,18H2,1-5H3/b8-6+/t19-,20-,22+,23+,24+,27+/m0/s1. The summed E-state index contributed by atoms with van der Waals surface area (Å²) in [6.07, 6.45) is 15.6. The van der Waals surface area contributed by atoms with Gasteiger partial charge in [0.25, 0.3) is 0 Å². The molecule has 1 aliphatic carbocycles. The van der Waals surface area contributed by atoms with Crippen LogP contribution in [0.15, 0.2) is 24.3 Å². The number of allylic oxidation sites excluding steroid dienone is 2. The molecule has 32 heavy (non-hydrogen) atoms. The van der Waals surface area contributed by atoms with Crippen LogP contribution in [-0.4, -0.2) is 37.4 Å². The second-order valence-corrected chi connectivity index (χ2v) is 9.70. The van der Waals surface area contributed by atoms with Crippen LogP contribution in [-0.2, 0) is 23.8 Å². The van der Waals surface area contributed by atoms with Gasteiger partial charge in [-0.1, -0.05) is 64.7 Å². The first-order chi connectivity index (χ1) is 15.4. The van der Waals surface area contributed by atoms with Crippen molar-refractivity contribution < 1.29 is 23.8 Å². The van der Waals surface area contributed by atoms with E-state index < -0.39 is 0 Å². The molecule has 1 aliphatic heterocycles. The zero-order valence-electron chi connectivity index (χ0n) is 20.8. The van der Waals surface area contributed by atoms with Gasteiger partial charge in [0.2, 0.25) is 0 Å². The van der Waals surface area contributed by atoms with Crippen LogP contribution in [0.3, 0.4) is 0 Å². The van der Waals surface area contributed by atoms with Gasteiger partial charge in [0.15, 0.2) is 0 Å². The molecule has 0 unspecified atom stereocenters. The molecule has 0 saturated heterocycles. The smallest absolute Gasteiger partial charge is 0.330 e. The van der Waals surface area contributed by atoms with Crippen molar-refractivity contribution in [2.24, 2.45) is 23.7 Å². The molecule has 5 heteroatoms. The van der Waals surface area contributed by atoms with Crippen molar-refractivity contribution in [3.05, 3.63) is 24.3 Å². The lowest BCUT2D eigenvalue weighted by Gasteiger charge is -2.36. The summed E-state index contributed by atoms with van der Waals surface area (Å²) >= 11 is 0. The quantitative estimate of drug-likeness (QED) is 0.255. The monoisotopic (exact) mass is 448 g/mol. The number of carbonyl (C=O) groups excluding carboxylic acids is 2. The average molecular weight is 449 g/mol. The van der Waals surface area contributed by atoms with Crippen LogP contribution < -0.4 is 0 Å². The van der Waals surface area contributed by atoms with Crippen LogP contribution in [0.4, 0.5) is 0 Å². The van der Waals surface area contributed by atoms with Crippen molar-refractivity contribution in [1.82, 2.24) is 0 Å². The molecule has 0 spiro atoms. The number of hydrogen-bond acceptors (Lipinski definition) is 5. The van der Waals surface area contributed by atoms with E-state index in [2.05, 4.69) is 26.8 Å². The highest BCUT2D eigenvalue weighted by molar-refractivity contribution is 5.83. The molecule has 182 valence electrons. The predicted molar refractivity (Wildman–Crippen MR) is 127 cm³/mol. The van der Waals surface area contributed by atoms with Crippen LogP contribution in [0.1, 0.15) is 85.5 Å². The van der Waals surface area contributed by atoms with Crippen molar-refractivity contribution >= 4 is 11.9 Å². The third-order valence-corrected chi connectivity index (χ3v) is 7.36. The summed E-state index contributed by atoms with van der Waals surface area (Å²) in [5.41, 5.74) is 0. The van der Waals surface area contributed by atoms with E-state index in [1.54, 1.807) is 7.11 Å². The molecule has 0 bridgehead atoms. The normalized spacial score (nSPS) is 25.5. The van der Waals surface area contributed by atoms with Gasteiger partial charge in [-0.25, -0.2) is 4.79 Å². The van der Waals surface area contributed by atoms with Crippen LogP contribution in [0, 0.1) is 23.7 Å². The van der Waals surface area contributed by atoms with Crippen LogP contribution in [0.25, 0.3) is 0 Å². The van der Waals surface area contributed by atoms with E-state index in [-0.39, 0.29) is 48.0 Å². The van der Waals surface area contributed by atoms with E-state index in [0.717, 1.165) is 19.3 Å². The molecular weight excluding hydrogens is 404 g/mol. The number of rotatable bonds is 13. The van der Waals surface area contributed by atoms with Crippen molar-refractivity contribution in [3.8, 4) is 0 Å². The van der Waals surface area contributed by atoms with Crippen molar-refractivity contribution in [2.45, 2.75) is 104 Å². The third-order valence-electron chi connectivity index (χ3n) is 7.36. The maximum atomic E-state index is 12.8. The molecule has 0 amide bonds. The molecule has 2 rings (SSSR count). The van der Waals surface area contributed by atoms with Gasteiger partial charge in [-0.15, -0.1) is 0 Å². The molecule has 5 nitrogen and oxygen atoms in total. The molecule has 1 saturated carbocycles. The lowest BCUT2D eigenvalue weighted by Crippen LogP contribution is -2.42. The first-order valence-corrected chi connectivity index (χ1v) is 12.6. The highest BCUT2D eigenvalue weighted by Crippen LogP contribution is 2.32. The number of hydrogen-bond donors (Lipinski definition) is 0. The Kier molecular flexibility index (Phi) is 11.5. The molecule has 0 aromatic heterocycles. The zero-order chi connectivity index (χ0) is 23.5. The van der Waals surface area contributed by atoms with Crippen LogP contribution >= 0.6 is 0 Å². The number of carbonyl (C=O) groups is 2. The second-order valence-electron chi connectivity index (χ2n) is 9.70. The largest absolute Gasteiger partial charge is 0.462 e. The van der Waals surface area contributed by atoms with Crippen LogP contribution in [0.5, 0.6) is 0 Å². The van der Waals surface area contributed by atoms with E-state index in [1.807, 2.05) is 19.1 Å². The Labute approximate surface area is 195 Å². The molecule has 0 N–H and O–H groups in total. The SMILES string of the molecule is C/C=C/C[C@H](C)[C@@H](OC)[C@@H](C)[C@@H](C[C@H]1OC(=O)C=C[C@H]1CC)OC(=O)CCC1CCCC1. The third kappa shape index (κ3) is 8.06. The molecule has 6 atom stereocenters. The Hall–Kier alpha value is -1.62. The van der Waals surface area contributed by atoms with Gasteiger partial charge in [0, 0.05) is 37.9 Å². The predicted octanol–water partition coefficient (Wildman–Crippen LogP) is 6.02. The summed E-state index contributed by atoms with van der Waals surface area (Å²) in [6.45, 7) is 8.37. The Morgan fingerprint density at radius 3 is 2.62 bits per heavy atom. The highest BCUT2D eigenvalue weighted by atomic mass is 16.6. The average Bonchev–Trinajstić information content (AvgIpc) is 3.30. The molecular formula is C27H44O5. The first kappa shape index (κ1) is 26.6. The van der Waals surface area contributed by atoms with E-state index in [1.165, 1.54) is 31.8 Å². The van der Waals surface area contributed by atoms with Crippen LogP contribution in [0.2, 0.25) is 0 Å². The van der Waals surface area contributed by atoms with Gasteiger partial charge in [-0.3, -0.25) is 4.79 Å². The van der Waals surface area contributed by atoms with Gasteiger partial charge in [-0.2, -0.15) is 0 Å². The van der Waals surface area contributed by atoms with Crippen molar-refractivity contribution in [3.63, 3.8) is 0 Å². The van der Waals surface area contributed by atoms with Gasteiger partial charge < -0.3 is 14.2 Å². The second kappa shape index (κ2) is 13.8. The minimum Gasteiger partial charge on any atom is -0.462 e. The van der Waals surface area contributed by atoms with Crippen molar-refractivity contribution in [2.75, 3.05) is 7.11 Å². The maximum Gasteiger partial charge on any atom is 0.330 e. The highest BCUT2D eigenvalue weighted by Gasteiger charge is 2.37. The van der Waals surface area contributed by atoms with E-state index in [9.17, 15) is 9.59 Å². The summed E-state index contributed by atoms with van der Waals surface area (Å²) in [4.78, 5) is 24.8. The molecule has 2 aliphatic rings. The Balaban J connectivity index is 2.11. The number of methoxy groups -OCH3 is 1. The van der Waals surface area contributed by atoms with Gasteiger partial charge in [0.05, 0.1) is 6.10 Å². The van der Waals surface area contributed by atoms with E-state index in [0.29, 0.717) is 18.8 Å². The summed E-state index contributed by atoms with van der Waals surface area (Å²) < 4.78 is 17.6. The van der Waals surface area contributed by atoms with Gasteiger partial charge in [0.1, 0.15) is 12.2 Å². The first-order valence-electron chi connectivity index (χ1n) is 12.6. The molecule has 1 fully saturated rings. The zero-order valence-corrected chi connectivity index (χ0v) is 20.8. The topological polar surface area (TPSA) is 61.8 Å². The Bertz CT molecular complexity index is 634. The number of cyclic esters (lactones) is 1. The summed E-state index contributed by atoms with van der Waals surface area (Å²) in [5.74, 6) is 0.597. The summed E-state index contributed by atoms with van der Waals surface area (Å²) in [6, 6.07) is 0. The van der Waals surface area contributed by atoms with Gasteiger partial charge in [-0.05, 0) is 38.0 Å². The lowest BCUT2D eigenvalue weighted by molar-refractivity contribution is -0.162. The fourth-order valence-electron chi connectivity index (χ4n) is 5.33. The number of ether oxygens (including phenoxy) is 3. The minimum absolute atomic E-state index is 0.0159. The van der Waals surface area contributed by atoms with E-state index >= 15 is 0 Å². The Morgan fingerprint density at radius 2 is 2.00 bits per heavy atom. The molecule has 0 aromatic rings. The van der Waals surface area contributed by atoms with E-state index in [4.69, 9.17) is 14.2 Å².